The minimum absolute atomic E-state index is 0.0634. The smallest absolute Gasteiger partial charge is 0.224 e. The number of nitrogens with one attached hydrogen (secondary N) is 2. The van der Waals surface area contributed by atoms with Gasteiger partial charge in [-0.05, 0) is 31.5 Å². The maximum absolute atomic E-state index is 11.5. The Hall–Kier alpha value is -1.88. The van der Waals surface area contributed by atoms with Gasteiger partial charge in [0.25, 0.3) is 0 Å². The van der Waals surface area contributed by atoms with Crippen molar-refractivity contribution in [2.45, 2.75) is 26.8 Å². The number of likely N-dealkylation sites (N-methyl/N-ethyl adjacent to an activating group) is 1. The van der Waals surface area contributed by atoms with Gasteiger partial charge in [0.15, 0.2) is 0 Å². The van der Waals surface area contributed by atoms with Crippen molar-refractivity contribution < 1.29 is 4.79 Å². The maximum Gasteiger partial charge on any atom is 0.224 e. The third-order valence-electron chi connectivity index (χ3n) is 2.99. The summed E-state index contributed by atoms with van der Waals surface area (Å²) in [5, 5.41) is 6.16. The summed E-state index contributed by atoms with van der Waals surface area (Å²) < 4.78 is 0. The van der Waals surface area contributed by atoms with Crippen LogP contribution in [0.25, 0.3) is 0 Å². The summed E-state index contributed by atoms with van der Waals surface area (Å²) in [6.07, 6.45) is 0.433. The fourth-order valence-electron chi connectivity index (χ4n) is 1.86. The molecule has 0 aliphatic rings. The number of anilines is 1. The van der Waals surface area contributed by atoms with E-state index in [9.17, 15) is 4.79 Å². The molecule has 0 aliphatic carbocycles. The van der Waals surface area contributed by atoms with E-state index in [0.29, 0.717) is 13.0 Å². The zero-order chi connectivity index (χ0) is 14.4. The Morgan fingerprint density at radius 1 is 1.30 bits per heavy atom. The van der Waals surface area contributed by atoms with Crippen molar-refractivity contribution in [2.75, 3.05) is 11.9 Å². The van der Waals surface area contributed by atoms with E-state index in [0.717, 1.165) is 23.5 Å². The summed E-state index contributed by atoms with van der Waals surface area (Å²) in [5.74, 6) is 0.0634. The van der Waals surface area contributed by atoms with Gasteiger partial charge in [-0.1, -0.05) is 12.1 Å². The third-order valence-corrected chi connectivity index (χ3v) is 3.93. The van der Waals surface area contributed by atoms with E-state index >= 15 is 0 Å². The first-order chi connectivity index (χ1) is 9.69. The number of thiazole rings is 1. The number of carbonyl (C=O) groups excluding carboxylic acids is 1. The minimum Gasteiger partial charge on any atom is -0.380 e. The summed E-state index contributed by atoms with van der Waals surface area (Å²) >= 11 is 1.66. The van der Waals surface area contributed by atoms with Gasteiger partial charge in [0.1, 0.15) is 0 Å². The van der Waals surface area contributed by atoms with Gasteiger partial charge >= 0.3 is 0 Å². The fourth-order valence-corrected chi connectivity index (χ4v) is 2.58. The highest BCUT2D eigenvalue weighted by Gasteiger charge is 2.03. The Kier molecular flexibility index (Phi) is 5.12. The zero-order valence-electron chi connectivity index (χ0n) is 11.8. The van der Waals surface area contributed by atoms with E-state index in [4.69, 9.17) is 0 Å². The lowest BCUT2D eigenvalue weighted by Gasteiger charge is -2.07. The first kappa shape index (κ1) is 14.5. The molecule has 2 aromatic rings. The van der Waals surface area contributed by atoms with Crippen molar-refractivity contribution in [3.63, 3.8) is 0 Å². The Morgan fingerprint density at radius 3 is 2.65 bits per heavy atom. The van der Waals surface area contributed by atoms with Gasteiger partial charge in [-0.3, -0.25) is 4.79 Å². The van der Waals surface area contributed by atoms with E-state index in [1.807, 2.05) is 43.6 Å². The van der Waals surface area contributed by atoms with Gasteiger partial charge in [-0.15, -0.1) is 11.3 Å². The molecule has 0 radical (unpaired) electrons. The van der Waals surface area contributed by atoms with E-state index in [-0.39, 0.29) is 5.91 Å². The topological polar surface area (TPSA) is 54.0 Å². The summed E-state index contributed by atoms with van der Waals surface area (Å²) in [7, 11) is 0. The van der Waals surface area contributed by atoms with Crippen LogP contribution in [0.3, 0.4) is 0 Å². The molecule has 20 heavy (non-hydrogen) atoms. The Labute approximate surface area is 123 Å². The summed E-state index contributed by atoms with van der Waals surface area (Å²) in [4.78, 5) is 17.0. The first-order valence-corrected chi connectivity index (χ1v) is 7.55. The van der Waals surface area contributed by atoms with Crippen molar-refractivity contribution in [1.82, 2.24) is 10.3 Å². The second kappa shape index (κ2) is 7.05. The fraction of sp³-hybridized carbons (Fsp3) is 0.333. The van der Waals surface area contributed by atoms with Gasteiger partial charge in [-0.25, -0.2) is 4.98 Å². The van der Waals surface area contributed by atoms with Crippen molar-refractivity contribution in [2.24, 2.45) is 0 Å². The number of aromatic nitrogens is 1. The second-order valence-corrected chi connectivity index (χ2v) is 5.48. The molecule has 0 aliphatic heterocycles. The van der Waals surface area contributed by atoms with Gasteiger partial charge in [0.2, 0.25) is 5.91 Å². The molecule has 5 heteroatoms. The molecule has 0 fully saturated rings. The lowest BCUT2D eigenvalue weighted by atomic mass is 10.1. The minimum atomic E-state index is 0.0634. The predicted octanol–water partition coefficient (Wildman–Crippen LogP) is 2.74. The normalized spacial score (nSPS) is 10.3. The van der Waals surface area contributed by atoms with E-state index in [1.54, 1.807) is 11.3 Å². The maximum atomic E-state index is 11.5. The van der Waals surface area contributed by atoms with Crippen LogP contribution in [0.4, 0.5) is 5.69 Å². The molecular weight excluding hydrogens is 270 g/mol. The summed E-state index contributed by atoms with van der Waals surface area (Å²) in [6.45, 7) is 5.40. The quantitative estimate of drug-likeness (QED) is 0.859. The first-order valence-electron chi connectivity index (χ1n) is 6.67. The molecule has 0 atom stereocenters. The van der Waals surface area contributed by atoms with E-state index < -0.39 is 0 Å². The van der Waals surface area contributed by atoms with Gasteiger partial charge in [0.05, 0.1) is 24.2 Å². The van der Waals surface area contributed by atoms with Gasteiger partial charge < -0.3 is 10.6 Å². The third kappa shape index (κ3) is 4.06. The van der Waals surface area contributed by atoms with Crippen molar-refractivity contribution in [3.05, 3.63) is 45.9 Å². The van der Waals surface area contributed by atoms with Crippen LogP contribution < -0.4 is 10.6 Å². The van der Waals surface area contributed by atoms with E-state index in [1.165, 1.54) is 4.88 Å². The van der Waals surface area contributed by atoms with Crippen LogP contribution in [0.2, 0.25) is 0 Å². The Bertz CT molecular complexity index is 563. The number of benzene rings is 1. The lowest BCUT2D eigenvalue weighted by molar-refractivity contribution is -0.120. The molecule has 1 aromatic carbocycles. The number of hydrogen-bond donors (Lipinski definition) is 2. The lowest BCUT2D eigenvalue weighted by Crippen LogP contribution is -2.24. The van der Waals surface area contributed by atoms with Crippen molar-refractivity contribution in [1.29, 1.82) is 0 Å². The van der Waals surface area contributed by atoms with Crippen molar-refractivity contribution >= 4 is 22.9 Å². The van der Waals surface area contributed by atoms with Crippen LogP contribution in [0.15, 0.2) is 29.8 Å². The average Bonchev–Trinajstić information content (AvgIpc) is 2.84. The molecule has 0 spiro atoms. The zero-order valence-corrected chi connectivity index (χ0v) is 12.6. The summed E-state index contributed by atoms with van der Waals surface area (Å²) in [5.41, 5.74) is 5.02. The molecule has 0 saturated carbocycles. The largest absolute Gasteiger partial charge is 0.380 e. The SMILES string of the molecule is CCNC(=O)Cc1ccc(NCc2scnc2C)cc1. The number of amides is 1. The molecular formula is C15H19N3OS. The van der Waals surface area contributed by atoms with Crippen LogP contribution in [-0.2, 0) is 17.8 Å². The van der Waals surface area contributed by atoms with Crippen LogP contribution in [0, 0.1) is 6.92 Å². The van der Waals surface area contributed by atoms with Gasteiger partial charge in [0, 0.05) is 17.1 Å². The molecule has 1 aromatic heterocycles. The number of nitrogens with zero attached hydrogens (tertiary/aromatic N) is 1. The number of carbonyl (C=O) groups is 1. The number of rotatable bonds is 6. The van der Waals surface area contributed by atoms with Crippen LogP contribution in [-0.4, -0.2) is 17.4 Å². The highest BCUT2D eigenvalue weighted by atomic mass is 32.1. The predicted molar refractivity (Wildman–Crippen MR) is 83.0 cm³/mol. The molecule has 4 nitrogen and oxygen atoms in total. The molecule has 0 saturated heterocycles. The monoisotopic (exact) mass is 289 g/mol. The van der Waals surface area contributed by atoms with Gasteiger partial charge in [-0.2, -0.15) is 0 Å². The highest BCUT2D eigenvalue weighted by Crippen LogP contribution is 2.16. The number of hydrogen-bond acceptors (Lipinski definition) is 4. The molecule has 0 bridgehead atoms. The highest BCUT2D eigenvalue weighted by molar-refractivity contribution is 7.09. The van der Waals surface area contributed by atoms with Crippen LogP contribution >= 0.6 is 11.3 Å². The second-order valence-electron chi connectivity index (χ2n) is 4.54. The molecule has 1 heterocycles. The number of aryl methyl sites for hydroxylation is 1. The van der Waals surface area contributed by atoms with Crippen molar-refractivity contribution in [3.8, 4) is 0 Å². The molecule has 2 N–H and O–H groups in total. The molecule has 0 unspecified atom stereocenters. The molecule has 106 valence electrons. The standard InChI is InChI=1S/C15H19N3OS/c1-3-16-15(19)8-12-4-6-13(7-5-12)17-9-14-11(2)18-10-20-14/h4-7,10,17H,3,8-9H2,1-2H3,(H,16,19). The van der Waals surface area contributed by atoms with Crippen LogP contribution in [0.5, 0.6) is 0 Å². The van der Waals surface area contributed by atoms with E-state index in [2.05, 4.69) is 15.6 Å². The molecule has 1 amide bonds. The Morgan fingerprint density at radius 2 is 2.05 bits per heavy atom. The average molecular weight is 289 g/mol. The summed E-state index contributed by atoms with van der Waals surface area (Å²) in [6, 6.07) is 7.98. The van der Waals surface area contributed by atoms with Crippen LogP contribution in [0.1, 0.15) is 23.1 Å². The molecule has 2 rings (SSSR count). The Balaban J connectivity index is 1.88.